The summed E-state index contributed by atoms with van der Waals surface area (Å²) < 4.78 is 4.95. The summed E-state index contributed by atoms with van der Waals surface area (Å²) >= 11 is 0. The smallest absolute Gasteiger partial charge is 0.271 e. The number of nitrogens with one attached hydrogen (secondary N) is 1. The molecule has 1 N–H and O–H groups in total. The fourth-order valence-electron chi connectivity index (χ4n) is 1.51. The van der Waals surface area contributed by atoms with E-state index in [1.165, 1.54) is 6.07 Å². The van der Waals surface area contributed by atoms with Crippen molar-refractivity contribution in [2.24, 2.45) is 0 Å². The zero-order chi connectivity index (χ0) is 12.7. The lowest BCUT2D eigenvalue weighted by Crippen LogP contribution is -2.04. The third kappa shape index (κ3) is 4.40. The second-order valence-electron chi connectivity index (χ2n) is 3.88. The number of nitro groups is 1. The number of benzene rings is 1. The number of rotatable bonds is 7. The predicted molar refractivity (Wildman–Crippen MR) is 67.4 cm³/mol. The number of aryl methyl sites for hydroxylation is 1. The van der Waals surface area contributed by atoms with Crippen LogP contribution in [0.2, 0.25) is 0 Å². The molecule has 0 atom stereocenters. The van der Waals surface area contributed by atoms with E-state index in [-0.39, 0.29) is 10.6 Å². The number of methoxy groups -OCH3 is 1. The van der Waals surface area contributed by atoms with Gasteiger partial charge in [0.1, 0.15) is 0 Å². The van der Waals surface area contributed by atoms with E-state index in [1.54, 1.807) is 19.2 Å². The van der Waals surface area contributed by atoms with Crippen LogP contribution in [0, 0.1) is 17.0 Å². The van der Waals surface area contributed by atoms with Gasteiger partial charge in [0.05, 0.1) is 4.92 Å². The van der Waals surface area contributed by atoms with Crippen molar-refractivity contribution < 1.29 is 9.66 Å². The van der Waals surface area contributed by atoms with Gasteiger partial charge in [-0.05, 0) is 25.3 Å². The zero-order valence-electron chi connectivity index (χ0n) is 10.2. The van der Waals surface area contributed by atoms with E-state index < -0.39 is 0 Å². The minimum absolute atomic E-state index is 0.120. The quantitative estimate of drug-likeness (QED) is 0.450. The minimum atomic E-state index is -0.379. The highest BCUT2D eigenvalue weighted by Crippen LogP contribution is 2.21. The van der Waals surface area contributed by atoms with Gasteiger partial charge < -0.3 is 10.1 Å². The topological polar surface area (TPSA) is 64.4 Å². The van der Waals surface area contributed by atoms with Crippen LogP contribution in [0.1, 0.15) is 18.4 Å². The van der Waals surface area contributed by atoms with Gasteiger partial charge in [-0.25, -0.2) is 0 Å². The molecule has 1 aromatic carbocycles. The minimum Gasteiger partial charge on any atom is -0.385 e. The Kier molecular flexibility index (Phi) is 5.42. The van der Waals surface area contributed by atoms with Crippen molar-refractivity contribution in [3.05, 3.63) is 33.9 Å². The van der Waals surface area contributed by atoms with E-state index >= 15 is 0 Å². The Labute approximate surface area is 101 Å². The van der Waals surface area contributed by atoms with Gasteiger partial charge in [-0.2, -0.15) is 0 Å². The first-order valence-electron chi connectivity index (χ1n) is 5.63. The third-order valence-corrected chi connectivity index (χ3v) is 2.52. The molecule has 0 heterocycles. The normalized spacial score (nSPS) is 10.2. The Hall–Kier alpha value is -1.62. The Morgan fingerprint density at radius 3 is 2.82 bits per heavy atom. The molecular formula is C12H18N2O3. The molecule has 0 aliphatic carbocycles. The van der Waals surface area contributed by atoms with Crippen molar-refractivity contribution in [1.29, 1.82) is 0 Å². The average Bonchev–Trinajstić information content (AvgIpc) is 2.30. The number of ether oxygens (including phenoxy) is 1. The summed E-state index contributed by atoms with van der Waals surface area (Å²) in [7, 11) is 1.68. The summed E-state index contributed by atoms with van der Waals surface area (Å²) in [6.07, 6.45) is 1.97. The first-order chi connectivity index (χ1) is 8.15. The van der Waals surface area contributed by atoms with Gasteiger partial charge in [-0.3, -0.25) is 10.1 Å². The number of non-ortho nitro benzene ring substituents is 1. The average molecular weight is 238 g/mol. The first kappa shape index (κ1) is 13.4. The van der Waals surface area contributed by atoms with E-state index in [4.69, 9.17) is 4.74 Å². The maximum Gasteiger partial charge on any atom is 0.271 e. The maximum absolute atomic E-state index is 10.6. The number of hydrogen-bond acceptors (Lipinski definition) is 4. The van der Waals surface area contributed by atoms with Crippen LogP contribution in [-0.4, -0.2) is 25.2 Å². The second kappa shape index (κ2) is 6.85. The van der Waals surface area contributed by atoms with E-state index in [9.17, 15) is 10.1 Å². The van der Waals surface area contributed by atoms with Crippen molar-refractivity contribution in [2.75, 3.05) is 25.6 Å². The van der Waals surface area contributed by atoms with Crippen molar-refractivity contribution in [1.82, 2.24) is 0 Å². The van der Waals surface area contributed by atoms with Gasteiger partial charge in [0.15, 0.2) is 0 Å². The van der Waals surface area contributed by atoms with Crippen molar-refractivity contribution in [3.63, 3.8) is 0 Å². The highest BCUT2D eigenvalue weighted by atomic mass is 16.6. The lowest BCUT2D eigenvalue weighted by molar-refractivity contribution is -0.384. The monoisotopic (exact) mass is 238 g/mol. The molecule has 5 heteroatoms. The van der Waals surface area contributed by atoms with Crippen LogP contribution < -0.4 is 5.32 Å². The number of nitro benzene ring substituents is 1. The van der Waals surface area contributed by atoms with Gasteiger partial charge in [-0.1, -0.05) is 6.07 Å². The molecule has 0 saturated carbocycles. The Balaban J connectivity index is 2.51. The molecule has 94 valence electrons. The van der Waals surface area contributed by atoms with Gasteiger partial charge >= 0.3 is 0 Å². The van der Waals surface area contributed by atoms with Crippen molar-refractivity contribution >= 4 is 11.4 Å². The number of nitrogens with zero attached hydrogens (tertiary/aromatic N) is 1. The second-order valence-corrected chi connectivity index (χ2v) is 3.88. The summed E-state index contributed by atoms with van der Waals surface area (Å²) in [6.45, 7) is 3.47. The van der Waals surface area contributed by atoms with Gasteiger partial charge in [0, 0.05) is 38.1 Å². The Bertz CT molecular complexity index is 380. The van der Waals surface area contributed by atoms with Crippen LogP contribution in [0.4, 0.5) is 11.4 Å². The maximum atomic E-state index is 10.6. The van der Waals surface area contributed by atoms with Crippen LogP contribution in [0.25, 0.3) is 0 Å². The van der Waals surface area contributed by atoms with E-state index in [0.29, 0.717) is 0 Å². The molecule has 0 aliphatic heterocycles. The first-order valence-corrected chi connectivity index (χ1v) is 5.63. The van der Waals surface area contributed by atoms with Gasteiger partial charge in [0.2, 0.25) is 0 Å². The van der Waals surface area contributed by atoms with Crippen LogP contribution in [0.3, 0.4) is 0 Å². The summed E-state index contributed by atoms with van der Waals surface area (Å²) in [5.74, 6) is 0. The molecule has 17 heavy (non-hydrogen) atoms. The predicted octanol–water partition coefficient (Wildman–Crippen LogP) is 2.74. The van der Waals surface area contributed by atoms with Gasteiger partial charge in [0.25, 0.3) is 5.69 Å². The molecule has 0 bridgehead atoms. The highest BCUT2D eigenvalue weighted by molar-refractivity contribution is 5.56. The summed E-state index contributed by atoms with van der Waals surface area (Å²) in [4.78, 5) is 10.3. The van der Waals surface area contributed by atoms with Crippen LogP contribution in [0.5, 0.6) is 0 Å². The van der Waals surface area contributed by atoms with Crippen molar-refractivity contribution in [3.8, 4) is 0 Å². The molecule has 0 aliphatic rings. The fourth-order valence-corrected chi connectivity index (χ4v) is 1.51. The lowest BCUT2D eigenvalue weighted by Gasteiger charge is -2.09. The van der Waals surface area contributed by atoms with E-state index in [1.807, 2.05) is 6.92 Å². The van der Waals surface area contributed by atoms with E-state index in [0.717, 1.165) is 37.2 Å². The molecule has 0 unspecified atom stereocenters. The molecule has 0 spiro atoms. The Morgan fingerprint density at radius 2 is 2.18 bits per heavy atom. The molecular weight excluding hydrogens is 220 g/mol. The van der Waals surface area contributed by atoms with Crippen LogP contribution >= 0.6 is 0 Å². The molecule has 5 nitrogen and oxygen atoms in total. The fraction of sp³-hybridized carbons (Fsp3) is 0.500. The lowest BCUT2D eigenvalue weighted by atomic mass is 10.1. The van der Waals surface area contributed by atoms with Crippen LogP contribution in [-0.2, 0) is 4.74 Å². The number of hydrogen-bond donors (Lipinski definition) is 1. The number of unbranched alkanes of at least 4 members (excludes halogenated alkanes) is 1. The van der Waals surface area contributed by atoms with Gasteiger partial charge in [-0.15, -0.1) is 0 Å². The number of anilines is 1. The third-order valence-electron chi connectivity index (χ3n) is 2.52. The Morgan fingerprint density at radius 1 is 1.41 bits per heavy atom. The molecule has 1 aromatic rings. The molecule has 0 amide bonds. The SMILES string of the molecule is COCCCCNc1cc([N+](=O)[O-])ccc1C. The molecule has 0 radical (unpaired) electrons. The zero-order valence-corrected chi connectivity index (χ0v) is 10.2. The molecule has 0 aromatic heterocycles. The summed E-state index contributed by atoms with van der Waals surface area (Å²) in [6, 6.07) is 4.85. The van der Waals surface area contributed by atoms with E-state index in [2.05, 4.69) is 5.32 Å². The summed E-state index contributed by atoms with van der Waals surface area (Å²) in [5, 5.41) is 13.8. The molecule has 1 rings (SSSR count). The standard InChI is InChI=1S/C12H18N2O3/c1-10-5-6-11(14(15)16)9-12(10)13-7-3-4-8-17-2/h5-6,9,13H,3-4,7-8H2,1-2H3. The van der Waals surface area contributed by atoms with Crippen LogP contribution in [0.15, 0.2) is 18.2 Å². The molecule has 0 saturated heterocycles. The molecule has 0 fully saturated rings. The van der Waals surface area contributed by atoms with Crippen molar-refractivity contribution in [2.45, 2.75) is 19.8 Å². The summed E-state index contributed by atoms with van der Waals surface area (Å²) in [5.41, 5.74) is 1.97. The highest BCUT2D eigenvalue weighted by Gasteiger charge is 2.07. The largest absolute Gasteiger partial charge is 0.385 e.